The number of aromatic nitrogens is 1. The van der Waals surface area contributed by atoms with Crippen LogP contribution in [0, 0.1) is 46.3 Å². The Bertz CT molecular complexity index is 1220. The molecule has 0 bridgehead atoms. The lowest BCUT2D eigenvalue weighted by Gasteiger charge is -2.62. The van der Waals surface area contributed by atoms with Gasteiger partial charge in [0.25, 0.3) is 0 Å². The Balaban J connectivity index is 1.06. The molecule has 1 heterocycles. The van der Waals surface area contributed by atoms with Crippen molar-refractivity contribution in [1.82, 2.24) is 10.4 Å². The monoisotopic (exact) mass is 533 g/mol. The molecule has 1 aromatic carbocycles. The van der Waals surface area contributed by atoms with E-state index in [2.05, 4.69) is 36.3 Å². The van der Waals surface area contributed by atoms with Gasteiger partial charge in [0.2, 0.25) is 5.91 Å². The van der Waals surface area contributed by atoms with Crippen molar-refractivity contribution < 1.29 is 15.0 Å². The first kappa shape index (κ1) is 27.0. The van der Waals surface area contributed by atoms with Crippen LogP contribution in [0.15, 0.2) is 35.6 Å². The van der Waals surface area contributed by atoms with E-state index in [1.807, 2.05) is 30.5 Å². The van der Waals surface area contributed by atoms with Gasteiger partial charge in [0.05, 0.1) is 18.4 Å². The predicted molar refractivity (Wildman–Crippen MR) is 155 cm³/mol. The SMILES string of the molecule is C[C@H](CCC(=O)N/N=C/c1c[nH]c2ccccc12)[C@H]1CC[C@H]2[C@@H]3[C@@H](O)C[C@H]4C[C@@H](O)CC[C@]4(C)[C@H]3CC[C@]12C. The van der Waals surface area contributed by atoms with E-state index < -0.39 is 0 Å². The molecule has 1 aromatic heterocycles. The van der Waals surface area contributed by atoms with Crippen LogP contribution >= 0.6 is 0 Å². The number of amides is 1. The van der Waals surface area contributed by atoms with Crippen molar-refractivity contribution >= 4 is 23.0 Å². The summed E-state index contributed by atoms with van der Waals surface area (Å²) in [4.78, 5) is 15.9. The predicted octanol–water partition coefficient (Wildman–Crippen LogP) is 6.02. The van der Waals surface area contributed by atoms with E-state index in [-0.39, 0.29) is 28.9 Å². The molecule has 0 saturated heterocycles. The van der Waals surface area contributed by atoms with Gasteiger partial charge in [-0.15, -0.1) is 0 Å². The van der Waals surface area contributed by atoms with Crippen molar-refractivity contribution in [2.75, 3.05) is 0 Å². The lowest BCUT2D eigenvalue weighted by Crippen LogP contribution is -2.58. The van der Waals surface area contributed by atoms with E-state index in [1.54, 1.807) is 6.21 Å². The number of hydrogen-bond acceptors (Lipinski definition) is 4. The number of hydrazone groups is 1. The Morgan fingerprint density at radius 1 is 1.10 bits per heavy atom. The highest BCUT2D eigenvalue weighted by Gasteiger charge is 2.62. The highest BCUT2D eigenvalue weighted by molar-refractivity contribution is 5.99. The zero-order valence-electron chi connectivity index (χ0n) is 23.9. The van der Waals surface area contributed by atoms with Gasteiger partial charge in [-0.05, 0) is 110 Å². The van der Waals surface area contributed by atoms with Gasteiger partial charge >= 0.3 is 0 Å². The molecule has 6 nitrogen and oxygen atoms in total. The second-order valence-electron chi connectivity index (χ2n) is 14.1. The maximum absolute atomic E-state index is 12.7. The maximum atomic E-state index is 12.7. The lowest BCUT2D eigenvalue weighted by atomic mass is 9.43. The third kappa shape index (κ3) is 4.65. The molecule has 212 valence electrons. The Morgan fingerprint density at radius 2 is 1.87 bits per heavy atom. The van der Waals surface area contributed by atoms with E-state index in [4.69, 9.17) is 0 Å². The first-order valence-corrected chi connectivity index (χ1v) is 15.4. The molecule has 1 amide bonds. The van der Waals surface area contributed by atoms with Crippen LogP contribution in [0.5, 0.6) is 0 Å². The molecule has 39 heavy (non-hydrogen) atoms. The molecule has 2 aromatic rings. The van der Waals surface area contributed by atoms with Gasteiger partial charge in [0, 0.05) is 29.1 Å². The third-order valence-corrected chi connectivity index (χ3v) is 12.3. The molecule has 4 aliphatic carbocycles. The summed E-state index contributed by atoms with van der Waals surface area (Å²) in [6.45, 7) is 7.31. The smallest absolute Gasteiger partial charge is 0.240 e. The summed E-state index contributed by atoms with van der Waals surface area (Å²) in [5, 5.41) is 27.1. The average Bonchev–Trinajstić information content (AvgIpc) is 3.49. The number of para-hydroxylation sites is 1. The number of aromatic amines is 1. The molecule has 6 rings (SSSR count). The number of fused-ring (bicyclic) bond motifs is 6. The Morgan fingerprint density at radius 3 is 2.72 bits per heavy atom. The summed E-state index contributed by atoms with van der Waals surface area (Å²) in [6.07, 6.45) is 13.2. The van der Waals surface area contributed by atoms with Crippen molar-refractivity contribution in [3.05, 3.63) is 36.0 Å². The fourth-order valence-corrected chi connectivity index (χ4v) is 10.2. The van der Waals surface area contributed by atoms with Crippen LogP contribution in [0.1, 0.15) is 90.5 Å². The highest BCUT2D eigenvalue weighted by Crippen LogP contribution is 2.68. The van der Waals surface area contributed by atoms with Gasteiger partial charge in [-0.25, -0.2) is 5.43 Å². The summed E-state index contributed by atoms with van der Waals surface area (Å²) in [7, 11) is 0. The number of aliphatic hydroxyl groups excluding tert-OH is 2. The Labute approximate surface area is 233 Å². The maximum Gasteiger partial charge on any atom is 0.240 e. The number of H-pyrrole nitrogens is 1. The summed E-state index contributed by atoms with van der Waals surface area (Å²) in [6, 6.07) is 8.07. The Hall–Kier alpha value is -2.18. The molecule has 4 N–H and O–H groups in total. The van der Waals surface area contributed by atoms with Crippen LogP contribution in [-0.2, 0) is 4.79 Å². The second kappa shape index (κ2) is 10.3. The lowest BCUT2D eigenvalue weighted by molar-refractivity contribution is -0.174. The highest BCUT2D eigenvalue weighted by atomic mass is 16.3. The van der Waals surface area contributed by atoms with Crippen LogP contribution in [-0.4, -0.2) is 39.5 Å². The molecular weight excluding hydrogens is 486 g/mol. The van der Waals surface area contributed by atoms with E-state index in [9.17, 15) is 15.0 Å². The van der Waals surface area contributed by atoms with Gasteiger partial charge in [-0.1, -0.05) is 39.0 Å². The number of carbonyl (C=O) groups is 1. The molecule has 10 atom stereocenters. The van der Waals surface area contributed by atoms with E-state index in [0.29, 0.717) is 41.9 Å². The molecule has 0 spiro atoms. The van der Waals surface area contributed by atoms with Crippen molar-refractivity contribution in [3.8, 4) is 0 Å². The van der Waals surface area contributed by atoms with E-state index in [0.717, 1.165) is 48.6 Å². The number of hydrogen-bond donors (Lipinski definition) is 4. The fourth-order valence-electron chi connectivity index (χ4n) is 10.2. The van der Waals surface area contributed by atoms with Gasteiger partial charge in [0.15, 0.2) is 0 Å². The van der Waals surface area contributed by atoms with Crippen LogP contribution < -0.4 is 5.43 Å². The quantitative estimate of drug-likeness (QED) is 0.270. The first-order chi connectivity index (χ1) is 18.7. The summed E-state index contributed by atoms with van der Waals surface area (Å²) < 4.78 is 0. The zero-order valence-corrected chi connectivity index (χ0v) is 23.9. The molecule has 4 fully saturated rings. The van der Waals surface area contributed by atoms with Crippen LogP contribution in [0.4, 0.5) is 0 Å². The van der Waals surface area contributed by atoms with Crippen molar-refractivity contribution in [2.45, 2.75) is 97.2 Å². The number of carbonyl (C=O) groups excluding carboxylic acids is 1. The number of benzene rings is 1. The molecule has 0 radical (unpaired) electrons. The number of nitrogens with zero attached hydrogens (tertiary/aromatic N) is 1. The van der Waals surface area contributed by atoms with Gasteiger partial charge in [-0.3, -0.25) is 4.79 Å². The van der Waals surface area contributed by atoms with Gasteiger partial charge in [0.1, 0.15) is 0 Å². The molecular formula is C33H47N3O3. The third-order valence-electron chi connectivity index (χ3n) is 12.3. The van der Waals surface area contributed by atoms with Crippen molar-refractivity contribution in [3.63, 3.8) is 0 Å². The average molecular weight is 534 g/mol. The minimum atomic E-state index is -0.238. The van der Waals surface area contributed by atoms with Crippen molar-refractivity contribution in [2.24, 2.45) is 51.4 Å². The van der Waals surface area contributed by atoms with Gasteiger partial charge in [-0.2, -0.15) is 5.10 Å². The van der Waals surface area contributed by atoms with Crippen LogP contribution in [0.2, 0.25) is 0 Å². The topological polar surface area (TPSA) is 97.7 Å². The van der Waals surface area contributed by atoms with E-state index >= 15 is 0 Å². The molecule has 4 aliphatic rings. The minimum Gasteiger partial charge on any atom is -0.393 e. The molecule has 0 aliphatic heterocycles. The normalized spacial score (nSPS) is 40.7. The minimum absolute atomic E-state index is 0.0255. The largest absolute Gasteiger partial charge is 0.393 e. The summed E-state index contributed by atoms with van der Waals surface area (Å²) >= 11 is 0. The standard InChI is InChI=1S/C33H47N3O3/c1-20(8-11-30(39)36-35-19-21-18-34-28-7-5-4-6-24(21)28)25-9-10-26-31-27(13-15-33(25,26)3)32(2)14-12-23(37)16-22(32)17-29(31)38/h4-7,18-20,22-23,25-27,29,31,34,37-38H,8-17H2,1-3H3,(H,36,39)/b35-19+/t20-,22-,23+,25-,26+,27+,29+,31+,32+,33-/m1/s1. The number of rotatable bonds is 6. The summed E-state index contributed by atoms with van der Waals surface area (Å²) in [5.74, 6) is 3.02. The molecule has 4 saturated carbocycles. The zero-order chi connectivity index (χ0) is 27.4. The van der Waals surface area contributed by atoms with Crippen LogP contribution in [0.3, 0.4) is 0 Å². The second-order valence-corrected chi connectivity index (χ2v) is 14.1. The fraction of sp³-hybridized carbons (Fsp3) is 0.697. The Kier molecular flexibility index (Phi) is 7.16. The van der Waals surface area contributed by atoms with Gasteiger partial charge < -0.3 is 15.2 Å². The number of aliphatic hydroxyl groups is 2. The van der Waals surface area contributed by atoms with Crippen LogP contribution in [0.25, 0.3) is 10.9 Å². The van der Waals surface area contributed by atoms with Crippen molar-refractivity contribution in [1.29, 1.82) is 0 Å². The first-order valence-electron chi connectivity index (χ1n) is 15.4. The van der Waals surface area contributed by atoms with E-state index in [1.165, 1.54) is 25.7 Å². The molecule has 6 heteroatoms. The number of nitrogens with one attached hydrogen (secondary N) is 2. The molecule has 0 unspecified atom stereocenters. The summed E-state index contributed by atoms with van der Waals surface area (Å²) in [5.41, 5.74) is 5.27.